The number of hydrogen-bond acceptors (Lipinski definition) is 5. The van der Waals surface area contributed by atoms with Gasteiger partial charge in [-0.3, -0.25) is 0 Å². The lowest BCUT2D eigenvalue weighted by molar-refractivity contribution is 0.204. The van der Waals surface area contributed by atoms with Gasteiger partial charge in [0.15, 0.2) is 0 Å². The smallest absolute Gasteiger partial charge is 0.223 e. The van der Waals surface area contributed by atoms with E-state index in [1.54, 1.807) is 18.5 Å². The molecule has 2 aromatic heterocycles. The van der Waals surface area contributed by atoms with E-state index in [2.05, 4.69) is 26.2 Å². The molecule has 0 aromatic carbocycles. The molecule has 2 unspecified atom stereocenters. The van der Waals surface area contributed by atoms with Crippen molar-refractivity contribution in [2.24, 2.45) is 5.11 Å². The van der Waals surface area contributed by atoms with E-state index in [0.29, 0.717) is 16.3 Å². The zero-order valence-corrected chi connectivity index (χ0v) is 16.0. The monoisotopic (exact) mass is 377 g/mol. The SMILES string of the molecule is CSC1CCC(Oc2ncc(C(C)(C)N=[N+]=[N-])c3cc(Cl)ncc23)C1. The Labute approximate surface area is 156 Å². The van der Waals surface area contributed by atoms with Crippen LogP contribution in [0.1, 0.15) is 38.7 Å². The summed E-state index contributed by atoms with van der Waals surface area (Å²) in [4.78, 5) is 11.6. The lowest BCUT2D eigenvalue weighted by Crippen LogP contribution is -2.17. The maximum atomic E-state index is 8.86. The van der Waals surface area contributed by atoms with Crippen molar-refractivity contribution in [1.29, 1.82) is 0 Å². The van der Waals surface area contributed by atoms with E-state index in [1.807, 2.05) is 25.6 Å². The molecule has 2 aromatic rings. The van der Waals surface area contributed by atoms with E-state index in [1.165, 1.54) is 0 Å². The van der Waals surface area contributed by atoms with Gasteiger partial charge in [0, 0.05) is 22.6 Å². The molecule has 3 rings (SSSR count). The number of ether oxygens (including phenoxy) is 1. The molecular formula is C17H20ClN5OS. The second kappa shape index (κ2) is 7.28. The molecule has 1 saturated carbocycles. The highest BCUT2D eigenvalue weighted by Crippen LogP contribution is 2.37. The first-order chi connectivity index (χ1) is 11.9. The molecule has 0 N–H and O–H groups in total. The lowest BCUT2D eigenvalue weighted by Gasteiger charge is -2.22. The maximum absolute atomic E-state index is 8.86. The molecule has 132 valence electrons. The van der Waals surface area contributed by atoms with Gasteiger partial charge in [-0.1, -0.05) is 30.6 Å². The number of thioether (sulfide) groups is 1. The zero-order chi connectivity index (χ0) is 18.0. The normalized spacial score (nSPS) is 20.5. The third kappa shape index (κ3) is 3.78. The molecule has 1 fully saturated rings. The largest absolute Gasteiger partial charge is 0.474 e. The molecule has 0 amide bonds. The molecule has 0 bridgehead atoms. The molecule has 0 spiro atoms. The minimum atomic E-state index is -0.749. The molecule has 8 heteroatoms. The Morgan fingerprint density at radius 2 is 2.12 bits per heavy atom. The van der Waals surface area contributed by atoms with Gasteiger partial charge >= 0.3 is 0 Å². The van der Waals surface area contributed by atoms with Crippen molar-refractivity contribution in [2.75, 3.05) is 6.26 Å². The van der Waals surface area contributed by atoms with Gasteiger partial charge < -0.3 is 4.74 Å². The zero-order valence-electron chi connectivity index (χ0n) is 14.4. The molecule has 1 aliphatic rings. The number of aromatic nitrogens is 2. The number of pyridine rings is 2. The van der Waals surface area contributed by atoms with Crippen LogP contribution in [-0.2, 0) is 5.54 Å². The first-order valence-corrected chi connectivity index (χ1v) is 9.81. The predicted molar refractivity (Wildman–Crippen MR) is 102 cm³/mol. The lowest BCUT2D eigenvalue weighted by atomic mass is 9.93. The summed E-state index contributed by atoms with van der Waals surface area (Å²) in [5.41, 5.74) is 8.90. The molecule has 0 radical (unpaired) electrons. The van der Waals surface area contributed by atoms with Gasteiger partial charge in [0.2, 0.25) is 5.88 Å². The van der Waals surface area contributed by atoms with Crippen LogP contribution in [0.4, 0.5) is 0 Å². The van der Waals surface area contributed by atoms with Crippen LogP contribution in [-0.4, -0.2) is 27.6 Å². The van der Waals surface area contributed by atoms with E-state index >= 15 is 0 Å². The highest BCUT2D eigenvalue weighted by Gasteiger charge is 2.28. The molecule has 0 saturated heterocycles. The molecule has 2 atom stereocenters. The summed E-state index contributed by atoms with van der Waals surface area (Å²) in [5, 5.41) is 6.56. The number of fused-ring (bicyclic) bond motifs is 1. The summed E-state index contributed by atoms with van der Waals surface area (Å²) in [6.07, 6.45) is 8.91. The van der Waals surface area contributed by atoms with Crippen LogP contribution in [0.15, 0.2) is 23.6 Å². The van der Waals surface area contributed by atoms with Crippen LogP contribution in [0.5, 0.6) is 5.88 Å². The van der Waals surface area contributed by atoms with Crippen LogP contribution in [0.2, 0.25) is 5.15 Å². The van der Waals surface area contributed by atoms with E-state index in [4.69, 9.17) is 21.9 Å². The van der Waals surface area contributed by atoms with Crippen LogP contribution < -0.4 is 4.74 Å². The third-order valence-corrected chi connectivity index (χ3v) is 5.91. The summed E-state index contributed by atoms with van der Waals surface area (Å²) in [5.74, 6) is 0.561. The van der Waals surface area contributed by atoms with E-state index < -0.39 is 5.54 Å². The second-order valence-corrected chi connectivity index (χ2v) is 8.21. The van der Waals surface area contributed by atoms with Crippen molar-refractivity contribution in [2.45, 2.75) is 50.0 Å². The number of azide groups is 1. The Morgan fingerprint density at radius 1 is 1.32 bits per heavy atom. The van der Waals surface area contributed by atoms with Gasteiger partial charge in [-0.2, -0.15) is 11.8 Å². The predicted octanol–water partition coefficient (Wildman–Crippen LogP) is 5.49. The van der Waals surface area contributed by atoms with Gasteiger partial charge in [-0.25, -0.2) is 9.97 Å². The highest BCUT2D eigenvalue weighted by molar-refractivity contribution is 7.99. The van der Waals surface area contributed by atoms with E-state index in [0.717, 1.165) is 35.6 Å². The van der Waals surface area contributed by atoms with Crippen molar-refractivity contribution in [3.8, 4) is 5.88 Å². The van der Waals surface area contributed by atoms with Crippen molar-refractivity contribution in [3.05, 3.63) is 39.6 Å². The number of nitrogens with zero attached hydrogens (tertiary/aromatic N) is 5. The van der Waals surface area contributed by atoms with Crippen molar-refractivity contribution in [1.82, 2.24) is 9.97 Å². The first kappa shape index (κ1) is 18.1. The third-order valence-electron chi connectivity index (χ3n) is 4.60. The Morgan fingerprint density at radius 3 is 2.80 bits per heavy atom. The first-order valence-electron chi connectivity index (χ1n) is 8.15. The maximum Gasteiger partial charge on any atom is 0.223 e. The van der Waals surface area contributed by atoms with Crippen molar-refractivity contribution < 1.29 is 4.74 Å². The Bertz CT molecular complexity index is 837. The Kier molecular flexibility index (Phi) is 5.27. The van der Waals surface area contributed by atoms with Gasteiger partial charge in [0.25, 0.3) is 0 Å². The van der Waals surface area contributed by atoms with Gasteiger partial charge in [0.05, 0.1) is 10.9 Å². The van der Waals surface area contributed by atoms with Crippen LogP contribution in [0, 0.1) is 0 Å². The fourth-order valence-electron chi connectivity index (χ4n) is 3.21. The molecule has 25 heavy (non-hydrogen) atoms. The van der Waals surface area contributed by atoms with E-state index in [9.17, 15) is 0 Å². The highest BCUT2D eigenvalue weighted by atomic mass is 35.5. The van der Waals surface area contributed by atoms with Crippen LogP contribution in [0.25, 0.3) is 21.2 Å². The molecule has 0 aliphatic heterocycles. The summed E-state index contributed by atoms with van der Waals surface area (Å²) in [7, 11) is 0. The Balaban J connectivity index is 2.03. The second-order valence-electron chi connectivity index (χ2n) is 6.69. The van der Waals surface area contributed by atoms with Gasteiger partial charge in [-0.05, 0) is 48.1 Å². The fraction of sp³-hybridized carbons (Fsp3) is 0.529. The molecule has 2 heterocycles. The molecule has 1 aliphatic carbocycles. The average Bonchev–Trinajstić information content (AvgIpc) is 3.02. The Hall–Kier alpha value is -1.69. The van der Waals surface area contributed by atoms with Crippen molar-refractivity contribution >= 4 is 34.1 Å². The standard InChI is InChI=1S/C17H20ClN5OS/c1-17(2,22-23-19)14-9-21-16(13-8-20-15(18)7-12(13)14)24-10-4-5-11(6-10)25-3/h7-11H,4-6H2,1-3H3. The van der Waals surface area contributed by atoms with Gasteiger partial charge in [0.1, 0.15) is 11.3 Å². The minimum Gasteiger partial charge on any atom is -0.474 e. The molecule has 6 nitrogen and oxygen atoms in total. The quantitative estimate of drug-likeness (QED) is 0.298. The average molecular weight is 378 g/mol. The number of hydrogen-bond donors (Lipinski definition) is 0. The van der Waals surface area contributed by atoms with Crippen LogP contribution >= 0.6 is 23.4 Å². The minimum absolute atomic E-state index is 0.166. The summed E-state index contributed by atoms with van der Waals surface area (Å²) in [6.45, 7) is 3.69. The van der Waals surface area contributed by atoms with Crippen molar-refractivity contribution in [3.63, 3.8) is 0 Å². The number of halogens is 1. The fourth-order valence-corrected chi connectivity index (χ4v) is 4.15. The van der Waals surface area contributed by atoms with E-state index in [-0.39, 0.29) is 6.10 Å². The van der Waals surface area contributed by atoms with Gasteiger partial charge in [-0.15, -0.1) is 0 Å². The summed E-state index contributed by atoms with van der Waals surface area (Å²) >= 11 is 7.99. The summed E-state index contributed by atoms with van der Waals surface area (Å²) in [6, 6.07) is 1.77. The number of rotatable bonds is 5. The van der Waals surface area contributed by atoms with Crippen LogP contribution in [0.3, 0.4) is 0 Å². The summed E-state index contributed by atoms with van der Waals surface area (Å²) < 4.78 is 6.18. The molecular weight excluding hydrogens is 358 g/mol. The topological polar surface area (TPSA) is 83.8 Å².